The molecule has 3 rings (SSSR count). The monoisotopic (exact) mass is 372 g/mol. The Balaban J connectivity index is 2.08. The van der Waals surface area contributed by atoms with Gasteiger partial charge in [-0.25, -0.2) is 4.98 Å². The lowest BCUT2D eigenvalue weighted by atomic mass is 10.2. The number of benzene rings is 2. The Morgan fingerprint density at radius 2 is 1.88 bits per heavy atom. The van der Waals surface area contributed by atoms with Crippen molar-refractivity contribution in [1.29, 1.82) is 0 Å². The van der Waals surface area contributed by atoms with E-state index in [-0.39, 0.29) is 5.56 Å². The van der Waals surface area contributed by atoms with Gasteiger partial charge in [0, 0.05) is 5.75 Å². The molecule has 4 nitrogen and oxygen atoms in total. The molecule has 0 saturated carbocycles. The zero-order chi connectivity index (χ0) is 17.6. The van der Waals surface area contributed by atoms with Crippen LogP contribution in [0.25, 0.3) is 16.6 Å². The van der Waals surface area contributed by atoms with Crippen molar-refractivity contribution >= 4 is 32.5 Å². The maximum atomic E-state index is 13.1. The van der Waals surface area contributed by atoms with Crippen LogP contribution in [0.3, 0.4) is 0 Å². The van der Waals surface area contributed by atoms with Crippen LogP contribution in [-0.4, -0.2) is 22.4 Å². The summed E-state index contributed by atoms with van der Waals surface area (Å²) in [5.74, 6) is 1.80. The molecule has 0 aliphatic rings. The summed E-state index contributed by atoms with van der Waals surface area (Å²) >= 11 is 0. The number of hydrogen-bond acceptors (Lipinski definition) is 5. The smallest absolute Gasteiger partial charge is 0.266 e. The largest absolute Gasteiger partial charge is 0.497 e. The molecule has 0 amide bonds. The first-order chi connectivity index (χ1) is 12.2. The highest BCUT2D eigenvalue weighted by atomic mass is 33.1. The highest BCUT2D eigenvalue weighted by Crippen LogP contribution is 2.32. The van der Waals surface area contributed by atoms with Gasteiger partial charge in [-0.05, 0) is 53.6 Å². The summed E-state index contributed by atoms with van der Waals surface area (Å²) in [6.07, 6.45) is 2.31. The van der Waals surface area contributed by atoms with Gasteiger partial charge in [0.1, 0.15) is 5.75 Å². The van der Waals surface area contributed by atoms with Gasteiger partial charge in [-0.1, -0.05) is 36.3 Å². The molecule has 0 aliphatic carbocycles. The zero-order valence-electron chi connectivity index (χ0n) is 14.3. The first-order valence-corrected chi connectivity index (χ1v) is 10.5. The van der Waals surface area contributed by atoms with Gasteiger partial charge in [0.15, 0.2) is 5.16 Å². The lowest BCUT2D eigenvalue weighted by molar-refractivity contribution is 0.414. The van der Waals surface area contributed by atoms with Gasteiger partial charge in [0.05, 0.1) is 23.7 Å². The molecule has 1 heterocycles. The minimum Gasteiger partial charge on any atom is -0.497 e. The third-order valence-electron chi connectivity index (χ3n) is 3.79. The standard InChI is InChI=1S/C19H20N2O2S2/c1-3-4-13-24-25-19-20-17-8-6-5-7-16(17)18(22)21(19)14-9-11-15(23-2)12-10-14/h5-12H,3-4,13H2,1-2H3. The number of methoxy groups -OCH3 is 1. The van der Waals surface area contributed by atoms with Gasteiger partial charge in [-0.2, -0.15) is 0 Å². The lowest BCUT2D eigenvalue weighted by Gasteiger charge is -2.13. The van der Waals surface area contributed by atoms with Crippen LogP contribution in [0.4, 0.5) is 0 Å². The van der Waals surface area contributed by atoms with Crippen molar-refractivity contribution in [2.24, 2.45) is 0 Å². The summed E-state index contributed by atoms with van der Waals surface area (Å²) in [7, 11) is 4.92. The van der Waals surface area contributed by atoms with Gasteiger partial charge in [-0.15, -0.1) is 0 Å². The molecule has 0 bridgehead atoms. The van der Waals surface area contributed by atoms with Gasteiger partial charge in [-0.3, -0.25) is 9.36 Å². The predicted molar refractivity (Wildman–Crippen MR) is 107 cm³/mol. The number of ether oxygens (including phenoxy) is 1. The second-order valence-corrected chi connectivity index (χ2v) is 7.89. The molecule has 130 valence electrons. The summed E-state index contributed by atoms with van der Waals surface area (Å²) < 4.78 is 6.90. The predicted octanol–water partition coefficient (Wildman–Crippen LogP) is 4.93. The van der Waals surface area contributed by atoms with E-state index in [1.54, 1.807) is 33.3 Å². The quantitative estimate of drug-likeness (QED) is 0.334. The van der Waals surface area contributed by atoms with Crippen LogP contribution in [0.15, 0.2) is 58.5 Å². The van der Waals surface area contributed by atoms with E-state index in [9.17, 15) is 4.79 Å². The highest BCUT2D eigenvalue weighted by Gasteiger charge is 2.13. The molecule has 1 aromatic heterocycles. The minimum atomic E-state index is -0.0469. The summed E-state index contributed by atoms with van der Waals surface area (Å²) in [6.45, 7) is 2.17. The minimum absolute atomic E-state index is 0.0469. The van der Waals surface area contributed by atoms with Gasteiger partial charge < -0.3 is 4.74 Å². The second-order valence-electron chi connectivity index (χ2n) is 5.51. The summed E-state index contributed by atoms with van der Waals surface area (Å²) in [6, 6.07) is 15.0. The molecule has 2 aromatic carbocycles. The van der Waals surface area contributed by atoms with Crippen molar-refractivity contribution in [2.45, 2.75) is 24.9 Å². The van der Waals surface area contributed by atoms with Gasteiger partial charge in [0.25, 0.3) is 5.56 Å². The molecule has 0 atom stereocenters. The SMILES string of the molecule is CCCCSSc1nc2ccccc2c(=O)n1-c1ccc(OC)cc1. The molecule has 0 spiro atoms. The molecule has 0 radical (unpaired) electrons. The van der Waals surface area contributed by atoms with Crippen molar-refractivity contribution in [1.82, 2.24) is 9.55 Å². The third-order valence-corrected chi connectivity index (χ3v) is 6.09. The van der Waals surface area contributed by atoms with Crippen LogP contribution in [0, 0.1) is 0 Å². The van der Waals surface area contributed by atoms with E-state index in [0.29, 0.717) is 10.5 Å². The van der Waals surface area contributed by atoms with Crippen molar-refractivity contribution in [3.63, 3.8) is 0 Å². The molecule has 25 heavy (non-hydrogen) atoms. The average Bonchev–Trinajstić information content (AvgIpc) is 2.66. The number of unbranched alkanes of at least 4 members (excludes halogenated alkanes) is 1. The summed E-state index contributed by atoms with van der Waals surface area (Å²) in [5.41, 5.74) is 1.48. The number of hydrogen-bond donors (Lipinski definition) is 0. The number of aromatic nitrogens is 2. The third kappa shape index (κ3) is 4.02. The maximum Gasteiger partial charge on any atom is 0.266 e. The number of para-hydroxylation sites is 1. The first-order valence-electron chi connectivity index (χ1n) is 8.20. The fourth-order valence-electron chi connectivity index (χ4n) is 2.42. The van der Waals surface area contributed by atoms with Crippen molar-refractivity contribution in [3.8, 4) is 11.4 Å². The first kappa shape index (κ1) is 17.9. The molecule has 0 unspecified atom stereocenters. The molecular formula is C19H20N2O2S2. The van der Waals surface area contributed by atoms with E-state index in [1.165, 1.54) is 0 Å². The molecular weight excluding hydrogens is 352 g/mol. The summed E-state index contributed by atoms with van der Waals surface area (Å²) in [5, 5.41) is 1.33. The van der Waals surface area contributed by atoms with Gasteiger partial charge >= 0.3 is 0 Å². The van der Waals surface area contributed by atoms with E-state index < -0.39 is 0 Å². The van der Waals surface area contributed by atoms with E-state index in [1.807, 2.05) is 48.5 Å². The molecule has 0 fully saturated rings. The zero-order valence-corrected chi connectivity index (χ0v) is 15.9. The highest BCUT2D eigenvalue weighted by molar-refractivity contribution is 8.76. The van der Waals surface area contributed by atoms with E-state index in [2.05, 4.69) is 6.92 Å². The molecule has 6 heteroatoms. The Bertz CT molecular complexity index is 907. The molecule has 3 aromatic rings. The Morgan fingerprint density at radius 1 is 1.12 bits per heavy atom. The Hall–Kier alpha value is -1.92. The Morgan fingerprint density at radius 3 is 2.60 bits per heavy atom. The topological polar surface area (TPSA) is 44.1 Å². The molecule has 0 N–H and O–H groups in total. The summed E-state index contributed by atoms with van der Waals surface area (Å²) in [4.78, 5) is 17.8. The number of nitrogens with zero attached hydrogens (tertiary/aromatic N) is 2. The Kier molecular flexibility index (Phi) is 6.04. The lowest BCUT2D eigenvalue weighted by Crippen LogP contribution is -2.21. The van der Waals surface area contributed by atoms with Crippen LogP contribution in [-0.2, 0) is 0 Å². The fourth-order valence-corrected chi connectivity index (χ4v) is 4.67. The number of fused-ring (bicyclic) bond motifs is 1. The van der Waals surface area contributed by atoms with Crippen molar-refractivity contribution < 1.29 is 4.74 Å². The number of rotatable bonds is 7. The van der Waals surface area contributed by atoms with E-state index in [0.717, 1.165) is 35.5 Å². The van der Waals surface area contributed by atoms with Crippen LogP contribution < -0.4 is 10.3 Å². The van der Waals surface area contributed by atoms with E-state index in [4.69, 9.17) is 9.72 Å². The maximum absolute atomic E-state index is 13.1. The van der Waals surface area contributed by atoms with Crippen LogP contribution in [0.1, 0.15) is 19.8 Å². The second kappa shape index (κ2) is 8.45. The van der Waals surface area contributed by atoms with Crippen molar-refractivity contribution in [2.75, 3.05) is 12.9 Å². The van der Waals surface area contributed by atoms with Crippen molar-refractivity contribution in [3.05, 3.63) is 58.9 Å². The van der Waals surface area contributed by atoms with Gasteiger partial charge in [0.2, 0.25) is 0 Å². The van der Waals surface area contributed by atoms with Crippen LogP contribution in [0.5, 0.6) is 5.75 Å². The van der Waals surface area contributed by atoms with Crippen LogP contribution >= 0.6 is 21.6 Å². The molecule has 0 saturated heterocycles. The molecule has 0 aliphatic heterocycles. The average molecular weight is 373 g/mol. The normalized spacial score (nSPS) is 11.0. The van der Waals surface area contributed by atoms with Crippen LogP contribution in [0.2, 0.25) is 0 Å². The Labute approximate surface area is 155 Å². The van der Waals surface area contributed by atoms with E-state index >= 15 is 0 Å². The fraction of sp³-hybridized carbons (Fsp3) is 0.263.